The molecule has 1 aromatic heterocycles. The van der Waals surface area contributed by atoms with Crippen molar-refractivity contribution in [3.63, 3.8) is 0 Å². The minimum absolute atomic E-state index is 0.0241. The zero-order valence-corrected chi connectivity index (χ0v) is 15.9. The van der Waals surface area contributed by atoms with Crippen LogP contribution in [0.2, 0.25) is 0 Å². The molecule has 144 valence electrons. The minimum Gasteiger partial charge on any atom is -0.384 e. The molecule has 1 aliphatic heterocycles. The van der Waals surface area contributed by atoms with Gasteiger partial charge in [-0.3, -0.25) is 4.79 Å². The highest BCUT2D eigenvalue weighted by Crippen LogP contribution is 2.20. The molecule has 6 heteroatoms. The van der Waals surface area contributed by atoms with Crippen molar-refractivity contribution < 1.29 is 13.9 Å². The largest absolute Gasteiger partial charge is 0.384 e. The van der Waals surface area contributed by atoms with Crippen LogP contribution in [0.5, 0.6) is 0 Å². The fourth-order valence-corrected chi connectivity index (χ4v) is 3.49. The van der Waals surface area contributed by atoms with Gasteiger partial charge in [0.05, 0.1) is 12.2 Å². The van der Waals surface area contributed by atoms with Gasteiger partial charge in [0.25, 0.3) is 5.91 Å². The Kier molecular flexibility index (Phi) is 6.40. The molecule has 1 saturated heterocycles. The van der Waals surface area contributed by atoms with Gasteiger partial charge in [-0.25, -0.2) is 9.37 Å². The molecule has 0 N–H and O–H groups in total. The molecule has 0 unspecified atom stereocenters. The zero-order valence-electron chi connectivity index (χ0n) is 15.9. The van der Waals surface area contributed by atoms with E-state index in [1.54, 1.807) is 25.4 Å². The van der Waals surface area contributed by atoms with E-state index in [1.165, 1.54) is 12.1 Å². The van der Waals surface area contributed by atoms with Crippen LogP contribution in [0.15, 0.2) is 42.6 Å². The third-order valence-electron chi connectivity index (χ3n) is 4.93. The smallest absolute Gasteiger partial charge is 0.255 e. The number of carbonyl (C=O) groups is 1. The highest BCUT2D eigenvalue weighted by molar-refractivity contribution is 5.94. The molecule has 0 radical (unpaired) electrons. The summed E-state index contributed by atoms with van der Waals surface area (Å²) in [5, 5.41) is 0. The summed E-state index contributed by atoms with van der Waals surface area (Å²) in [4.78, 5) is 21.1. The number of pyridine rings is 1. The third kappa shape index (κ3) is 5.04. The first-order chi connectivity index (χ1) is 13.1. The van der Waals surface area contributed by atoms with Gasteiger partial charge in [-0.2, -0.15) is 0 Å². The molecule has 1 fully saturated rings. The SMILES string of the molecule is COC[C@@H]1CCCN(C(=O)c2ccc(N(C)Cc3ccc(F)cc3)nc2)C1. The quantitative estimate of drug-likeness (QED) is 0.781. The van der Waals surface area contributed by atoms with E-state index >= 15 is 0 Å². The Balaban J connectivity index is 1.62. The van der Waals surface area contributed by atoms with Gasteiger partial charge in [0.2, 0.25) is 0 Å². The predicted molar refractivity (Wildman–Crippen MR) is 103 cm³/mol. The average Bonchev–Trinajstić information content (AvgIpc) is 2.70. The maximum Gasteiger partial charge on any atom is 0.255 e. The Bertz CT molecular complexity index is 747. The number of methoxy groups -OCH3 is 1. The fourth-order valence-electron chi connectivity index (χ4n) is 3.49. The lowest BCUT2D eigenvalue weighted by atomic mass is 9.98. The Morgan fingerprint density at radius 3 is 2.74 bits per heavy atom. The lowest BCUT2D eigenvalue weighted by Gasteiger charge is -2.32. The van der Waals surface area contributed by atoms with E-state index in [0.29, 0.717) is 24.6 Å². The molecular formula is C21H26FN3O2. The van der Waals surface area contributed by atoms with Crippen molar-refractivity contribution in [2.45, 2.75) is 19.4 Å². The van der Waals surface area contributed by atoms with Crippen molar-refractivity contribution in [1.82, 2.24) is 9.88 Å². The van der Waals surface area contributed by atoms with E-state index in [9.17, 15) is 9.18 Å². The first-order valence-corrected chi connectivity index (χ1v) is 9.26. The summed E-state index contributed by atoms with van der Waals surface area (Å²) in [5.41, 5.74) is 1.60. The van der Waals surface area contributed by atoms with Crippen LogP contribution in [0, 0.1) is 11.7 Å². The number of hydrogen-bond acceptors (Lipinski definition) is 4. The van der Waals surface area contributed by atoms with Crippen LogP contribution in [-0.4, -0.2) is 49.6 Å². The van der Waals surface area contributed by atoms with Gasteiger partial charge in [0, 0.05) is 40.0 Å². The number of halogens is 1. The van der Waals surface area contributed by atoms with E-state index < -0.39 is 0 Å². The molecule has 2 heterocycles. The summed E-state index contributed by atoms with van der Waals surface area (Å²) in [6, 6.07) is 10.1. The molecule has 5 nitrogen and oxygen atoms in total. The second kappa shape index (κ2) is 8.95. The number of benzene rings is 1. The van der Waals surface area contributed by atoms with Crippen LogP contribution >= 0.6 is 0 Å². The number of hydrogen-bond donors (Lipinski definition) is 0. The molecular weight excluding hydrogens is 345 g/mol. The van der Waals surface area contributed by atoms with Gasteiger partial charge in [-0.15, -0.1) is 0 Å². The summed E-state index contributed by atoms with van der Waals surface area (Å²) in [6.45, 7) is 2.82. The van der Waals surface area contributed by atoms with Crippen LogP contribution in [0.25, 0.3) is 0 Å². The van der Waals surface area contributed by atoms with Gasteiger partial charge in [-0.1, -0.05) is 12.1 Å². The highest BCUT2D eigenvalue weighted by atomic mass is 19.1. The van der Waals surface area contributed by atoms with Crippen LogP contribution < -0.4 is 4.90 Å². The van der Waals surface area contributed by atoms with Crippen molar-refractivity contribution in [1.29, 1.82) is 0 Å². The second-order valence-electron chi connectivity index (χ2n) is 7.10. The fraction of sp³-hybridized carbons (Fsp3) is 0.429. The Morgan fingerprint density at radius 2 is 2.07 bits per heavy atom. The van der Waals surface area contributed by atoms with Crippen molar-refractivity contribution in [2.75, 3.05) is 38.8 Å². The van der Waals surface area contributed by atoms with Crippen molar-refractivity contribution >= 4 is 11.7 Å². The minimum atomic E-state index is -0.243. The van der Waals surface area contributed by atoms with E-state index in [0.717, 1.165) is 37.3 Å². The molecule has 0 spiro atoms. The number of piperidine rings is 1. The third-order valence-corrected chi connectivity index (χ3v) is 4.93. The molecule has 1 amide bonds. The Morgan fingerprint density at radius 1 is 1.30 bits per heavy atom. The first kappa shape index (κ1) is 19.3. The lowest BCUT2D eigenvalue weighted by Crippen LogP contribution is -2.41. The van der Waals surface area contributed by atoms with Gasteiger partial charge in [-0.05, 0) is 48.6 Å². The number of nitrogens with zero attached hydrogens (tertiary/aromatic N) is 3. The monoisotopic (exact) mass is 371 g/mol. The van der Waals surface area contributed by atoms with Gasteiger partial charge in [0.15, 0.2) is 0 Å². The van der Waals surface area contributed by atoms with Gasteiger partial charge < -0.3 is 14.5 Å². The molecule has 1 atom stereocenters. The highest BCUT2D eigenvalue weighted by Gasteiger charge is 2.24. The first-order valence-electron chi connectivity index (χ1n) is 9.26. The van der Waals surface area contributed by atoms with Crippen molar-refractivity contribution in [3.05, 3.63) is 59.5 Å². The average molecular weight is 371 g/mol. The molecule has 2 aromatic rings. The van der Waals surface area contributed by atoms with Crippen LogP contribution in [0.3, 0.4) is 0 Å². The van der Waals surface area contributed by atoms with Crippen molar-refractivity contribution in [2.24, 2.45) is 5.92 Å². The predicted octanol–water partition coefficient (Wildman–Crippen LogP) is 3.36. The van der Waals surface area contributed by atoms with Crippen LogP contribution in [0.1, 0.15) is 28.8 Å². The number of likely N-dealkylation sites (tertiary alicyclic amines) is 1. The lowest BCUT2D eigenvalue weighted by molar-refractivity contribution is 0.0570. The summed E-state index contributed by atoms with van der Waals surface area (Å²) in [5.74, 6) is 0.956. The molecule has 1 aromatic carbocycles. The molecule has 0 bridgehead atoms. The number of amides is 1. The second-order valence-corrected chi connectivity index (χ2v) is 7.10. The van der Waals surface area contributed by atoms with Gasteiger partial charge in [0.1, 0.15) is 11.6 Å². The molecule has 0 saturated carbocycles. The van der Waals surface area contributed by atoms with E-state index in [2.05, 4.69) is 4.98 Å². The zero-order chi connectivity index (χ0) is 19.2. The number of aromatic nitrogens is 1. The molecule has 3 rings (SSSR count). The summed E-state index contributed by atoms with van der Waals surface area (Å²) < 4.78 is 18.3. The maximum absolute atomic E-state index is 13.0. The molecule has 1 aliphatic rings. The van der Waals surface area contributed by atoms with Crippen LogP contribution in [-0.2, 0) is 11.3 Å². The van der Waals surface area contributed by atoms with E-state index in [1.807, 2.05) is 29.0 Å². The Hall–Kier alpha value is -2.47. The van der Waals surface area contributed by atoms with Crippen LogP contribution in [0.4, 0.5) is 10.2 Å². The topological polar surface area (TPSA) is 45.7 Å². The van der Waals surface area contributed by atoms with Crippen molar-refractivity contribution in [3.8, 4) is 0 Å². The standard InChI is InChI=1S/C21H26FN3O2/c1-24(13-16-5-8-19(22)9-6-16)20-10-7-18(12-23-20)21(26)25-11-3-4-17(14-25)15-27-2/h5-10,12,17H,3-4,11,13-15H2,1-2H3/t17-/m1/s1. The maximum atomic E-state index is 13.0. The molecule has 27 heavy (non-hydrogen) atoms. The normalized spacial score (nSPS) is 17.0. The summed E-state index contributed by atoms with van der Waals surface area (Å²) >= 11 is 0. The van der Waals surface area contributed by atoms with Gasteiger partial charge >= 0.3 is 0 Å². The van der Waals surface area contributed by atoms with E-state index in [-0.39, 0.29) is 11.7 Å². The number of rotatable bonds is 6. The summed E-state index contributed by atoms with van der Waals surface area (Å²) in [7, 11) is 3.62. The number of ether oxygens (including phenoxy) is 1. The van der Waals surface area contributed by atoms with E-state index in [4.69, 9.17) is 4.74 Å². The summed E-state index contributed by atoms with van der Waals surface area (Å²) in [6.07, 6.45) is 3.74. The number of anilines is 1. The molecule has 0 aliphatic carbocycles. The number of carbonyl (C=O) groups excluding carboxylic acids is 1. The Labute approximate surface area is 159 Å².